The molecule has 10 rings (SSSR count). The molecule has 0 bridgehead atoms. The molecular weight excluding hydrogens is 587 g/mol. The molecule has 4 aromatic carbocycles. The van der Waals surface area contributed by atoms with E-state index in [9.17, 15) is 0 Å². The van der Waals surface area contributed by atoms with Crippen LogP contribution in [0.1, 0.15) is 83.8 Å². The Kier molecular flexibility index (Phi) is 5.17. The van der Waals surface area contributed by atoms with Crippen molar-refractivity contribution in [2.75, 3.05) is 0 Å². The summed E-state index contributed by atoms with van der Waals surface area (Å²) in [5, 5.41) is 2.56. The molecule has 2 atom stereocenters. The highest BCUT2D eigenvalue weighted by Crippen LogP contribution is 2.62. The molecule has 6 heterocycles. The minimum Gasteiger partial charge on any atom is -0.456 e. The van der Waals surface area contributed by atoms with Gasteiger partial charge in [-0.2, -0.15) is 4.57 Å². The summed E-state index contributed by atoms with van der Waals surface area (Å²) in [6.45, 7) is 18.1. The number of hydrogen-bond donors (Lipinski definition) is 0. The van der Waals surface area contributed by atoms with Crippen LogP contribution in [0.25, 0.3) is 33.2 Å². The maximum atomic E-state index is 6.96. The van der Waals surface area contributed by atoms with Crippen molar-refractivity contribution in [3.8, 4) is 17.3 Å². The van der Waals surface area contributed by atoms with Crippen LogP contribution in [-0.4, -0.2) is 9.47 Å². The SMILES string of the molecule is CC1=CN2C(C=C1c1ccc(C)cc1C)c1cccc3c1C21c2c(ccc4c5cc(C(C)(C)C)ccc5n(c24)-c2cc(C)c(C)c[n+]21)O3. The van der Waals surface area contributed by atoms with Crippen molar-refractivity contribution < 1.29 is 9.30 Å². The highest BCUT2D eigenvalue weighted by Gasteiger charge is 2.64. The molecule has 0 radical (unpaired) electrons. The summed E-state index contributed by atoms with van der Waals surface area (Å²) in [4.78, 5) is 2.64. The Hall–Kier alpha value is -5.09. The van der Waals surface area contributed by atoms with Gasteiger partial charge < -0.3 is 9.64 Å². The quantitative estimate of drug-likeness (QED) is 0.169. The van der Waals surface area contributed by atoms with Crippen LogP contribution in [0.5, 0.6) is 11.5 Å². The second kappa shape index (κ2) is 8.87. The first-order chi connectivity index (χ1) is 23.0. The van der Waals surface area contributed by atoms with Gasteiger partial charge in [-0.25, -0.2) is 4.57 Å². The van der Waals surface area contributed by atoms with Crippen LogP contribution >= 0.6 is 0 Å². The van der Waals surface area contributed by atoms with Gasteiger partial charge in [0.25, 0.3) is 5.82 Å². The number of rotatable bonds is 1. The molecule has 0 saturated heterocycles. The summed E-state index contributed by atoms with van der Waals surface area (Å²) in [6.07, 6.45) is 7.35. The van der Waals surface area contributed by atoms with Crippen LogP contribution in [0.15, 0.2) is 96.8 Å². The molecule has 0 fully saturated rings. The van der Waals surface area contributed by atoms with E-state index in [2.05, 4.69) is 161 Å². The van der Waals surface area contributed by atoms with Crippen LogP contribution in [0.3, 0.4) is 0 Å². The molecule has 4 aliphatic rings. The predicted molar refractivity (Wildman–Crippen MR) is 194 cm³/mol. The third-order valence-electron chi connectivity index (χ3n) is 11.6. The summed E-state index contributed by atoms with van der Waals surface area (Å²) in [5.74, 6) is 3.06. The van der Waals surface area contributed by atoms with Gasteiger partial charge in [0, 0.05) is 23.0 Å². The zero-order chi connectivity index (χ0) is 33.0. The molecule has 4 aliphatic heterocycles. The first kappa shape index (κ1) is 28.0. The first-order valence-electron chi connectivity index (χ1n) is 17.2. The highest BCUT2D eigenvalue weighted by molar-refractivity contribution is 6.12. The van der Waals surface area contributed by atoms with E-state index in [1.807, 2.05) is 0 Å². The van der Waals surface area contributed by atoms with Crippen molar-refractivity contribution >= 4 is 27.4 Å². The Balaban J connectivity index is 1.36. The van der Waals surface area contributed by atoms with Gasteiger partial charge in [0.15, 0.2) is 5.52 Å². The number of hydrogen-bond acceptors (Lipinski definition) is 2. The van der Waals surface area contributed by atoms with E-state index in [-0.39, 0.29) is 11.5 Å². The normalized spacial score (nSPS) is 19.9. The fourth-order valence-corrected chi connectivity index (χ4v) is 9.19. The van der Waals surface area contributed by atoms with Gasteiger partial charge in [-0.15, -0.1) is 0 Å². The van der Waals surface area contributed by atoms with Crippen LogP contribution in [0.2, 0.25) is 0 Å². The van der Waals surface area contributed by atoms with Crippen molar-refractivity contribution in [3.05, 3.63) is 147 Å². The molecule has 0 aliphatic carbocycles. The summed E-state index contributed by atoms with van der Waals surface area (Å²) < 4.78 is 12.0. The Morgan fingerprint density at radius 2 is 1.58 bits per heavy atom. The molecule has 0 amide bonds. The van der Waals surface area contributed by atoms with Gasteiger partial charge in [-0.1, -0.05) is 62.7 Å². The van der Waals surface area contributed by atoms with Crippen LogP contribution in [0, 0.1) is 27.7 Å². The second-order valence-electron chi connectivity index (χ2n) is 15.6. The number of aryl methyl sites for hydroxylation is 4. The molecule has 48 heavy (non-hydrogen) atoms. The zero-order valence-corrected chi connectivity index (χ0v) is 29.0. The number of nitrogens with zero attached hydrogens (tertiary/aromatic N) is 3. The number of allylic oxidation sites excluding steroid dienone is 2. The third-order valence-corrected chi connectivity index (χ3v) is 11.6. The fraction of sp³-hybridized carbons (Fsp3) is 0.250. The number of pyridine rings is 1. The minimum absolute atomic E-state index is 0.0366. The lowest BCUT2D eigenvalue weighted by Crippen LogP contribution is -2.68. The topological polar surface area (TPSA) is 21.3 Å². The van der Waals surface area contributed by atoms with Crippen LogP contribution < -0.4 is 9.30 Å². The predicted octanol–water partition coefficient (Wildman–Crippen LogP) is 10.1. The van der Waals surface area contributed by atoms with E-state index in [0.29, 0.717) is 0 Å². The Morgan fingerprint density at radius 1 is 0.771 bits per heavy atom. The summed E-state index contributed by atoms with van der Waals surface area (Å²) in [7, 11) is 0. The van der Waals surface area contributed by atoms with Gasteiger partial charge >= 0.3 is 0 Å². The lowest BCUT2D eigenvalue weighted by molar-refractivity contribution is -0.760. The summed E-state index contributed by atoms with van der Waals surface area (Å²) in [6, 6.07) is 27.5. The average Bonchev–Trinajstić information content (AvgIpc) is 3.52. The Morgan fingerprint density at radius 3 is 2.38 bits per heavy atom. The molecule has 4 heteroatoms. The fourth-order valence-electron chi connectivity index (χ4n) is 9.19. The van der Waals surface area contributed by atoms with Gasteiger partial charge in [-0.3, -0.25) is 0 Å². The van der Waals surface area contributed by atoms with Gasteiger partial charge in [0.2, 0.25) is 5.66 Å². The van der Waals surface area contributed by atoms with E-state index in [0.717, 1.165) is 11.5 Å². The lowest BCUT2D eigenvalue weighted by Gasteiger charge is -2.45. The van der Waals surface area contributed by atoms with Crippen molar-refractivity contribution in [1.82, 2.24) is 9.47 Å². The standard InChI is InChI=1S/C44H40N3O/c1-24-12-14-30(26(3)18-24)33-21-36-32-10-9-11-37-40(32)44(45(36)23-28(33)5)41-38(48-37)17-15-31-34-20-29(43(6,7)8)13-16-35(34)47(42(31)41)39-19-25(2)27(4)22-46(39)44/h9-23,36H,1-8H3/q+1. The van der Waals surface area contributed by atoms with E-state index in [1.165, 1.54) is 88.8 Å². The summed E-state index contributed by atoms with van der Waals surface area (Å²) >= 11 is 0. The molecule has 0 saturated carbocycles. The zero-order valence-electron chi connectivity index (χ0n) is 29.0. The number of benzene rings is 4. The summed E-state index contributed by atoms with van der Waals surface area (Å²) in [5.41, 5.74) is 16.1. The Labute approximate surface area is 282 Å². The largest absolute Gasteiger partial charge is 0.456 e. The maximum Gasteiger partial charge on any atom is 0.289 e. The van der Waals surface area contributed by atoms with E-state index >= 15 is 0 Å². The van der Waals surface area contributed by atoms with E-state index in [4.69, 9.17) is 4.74 Å². The van der Waals surface area contributed by atoms with Crippen LogP contribution in [0.4, 0.5) is 0 Å². The van der Waals surface area contributed by atoms with Gasteiger partial charge in [0.05, 0.1) is 17.8 Å². The van der Waals surface area contributed by atoms with E-state index < -0.39 is 5.66 Å². The average molecular weight is 627 g/mol. The molecule has 4 nitrogen and oxygen atoms in total. The molecule has 2 unspecified atom stereocenters. The number of ether oxygens (including phenoxy) is 1. The minimum atomic E-state index is -0.625. The number of aromatic nitrogens is 2. The highest BCUT2D eigenvalue weighted by atomic mass is 16.5. The van der Waals surface area contributed by atoms with Crippen molar-refractivity contribution in [2.45, 2.75) is 72.5 Å². The molecule has 0 N–H and O–H groups in total. The third kappa shape index (κ3) is 3.24. The molecular formula is C44H40N3O+. The smallest absolute Gasteiger partial charge is 0.289 e. The maximum absolute atomic E-state index is 6.96. The van der Waals surface area contributed by atoms with E-state index in [1.54, 1.807) is 0 Å². The molecule has 6 aromatic rings. The molecule has 1 spiro atoms. The van der Waals surface area contributed by atoms with Gasteiger partial charge in [-0.05, 0) is 121 Å². The Bertz CT molecular complexity index is 2540. The van der Waals surface area contributed by atoms with Gasteiger partial charge in [0.1, 0.15) is 22.6 Å². The van der Waals surface area contributed by atoms with Crippen molar-refractivity contribution in [3.63, 3.8) is 0 Å². The second-order valence-corrected chi connectivity index (χ2v) is 15.6. The van der Waals surface area contributed by atoms with Crippen LogP contribution in [-0.2, 0) is 11.1 Å². The molecule has 236 valence electrons. The first-order valence-corrected chi connectivity index (χ1v) is 17.2. The van der Waals surface area contributed by atoms with Crippen molar-refractivity contribution in [1.29, 1.82) is 0 Å². The van der Waals surface area contributed by atoms with Crippen molar-refractivity contribution in [2.24, 2.45) is 0 Å². The monoisotopic (exact) mass is 626 g/mol. The lowest BCUT2D eigenvalue weighted by atomic mass is 9.83. The molecule has 2 aromatic heterocycles. The number of fused-ring (bicyclic) bond motifs is 7.